The van der Waals surface area contributed by atoms with Crippen LogP contribution in [0, 0.1) is 0 Å². The van der Waals surface area contributed by atoms with Gasteiger partial charge in [0.1, 0.15) is 5.50 Å². The van der Waals surface area contributed by atoms with E-state index >= 15 is 0 Å². The van der Waals surface area contributed by atoms with Crippen molar-refractivity contribution in [2.45, 2.75) is 21.3 Å². The fourth-order valence-corrected chi connectivity index (χ4v) is 2.67. The lowest BCUT2D eigenvalue weighted by Gasteiger charge is -2.27. The Morgan fingerprint density at radius 2 is 1.92 bits per heavy atom. The summed E-state index contributed by atoms with van der Waals surface area (Å²) in [7, 11) is 1.47. The first kappa shape index (κ1) is 11.7. The Kier molecular flexibility index (Phi) is 3.26. The minimum absolute atomic E-state index is 0.683. The standard InChI is InChI=1S/C6H7Cl4NO2/c1-11-4(9)2(7)3(8)6(11,10)5(12)13/h2-4H,1H3,(H,12,13). The van der Waals surface area contributed by atoms with Gasteiger partial charge in [-0.25, -0.2) is 4.79 Å². The van der Waals surface area contributed by atoms with Gasteiger partial charge >= 0.3 is 5.97 Å². The highest BCUT2D eigenvalue weighted by molar-refractivity contribution is 6.45. The lowest BCUT2D eigenvalue weighted by molar-refractivity contribution is -0.144. The number of halogens is 4. The fraction of sp³-hybridized carbons (Fsp3) is 0.833. The molecule has 7 heteroatoms. The molecule has 0 amide bonds. The molecule has 1 aliphatic heterocycles. The highest BCUT2D eigenvalue weighted by atomic mass is 35.5. The average Bonchev–Trinajstić information content (AvgIpc) is 2.22. The predicted octanol–water partition coefficient (Wildman–Crippen LogP) is 1.73. The van der Waals surface area contributed by atoms with Gasteiger partial charge in [-0.1, -0.05) is 11.6 Å². The maximum atomic E-state index is 10.9. The third kappa shape index (κ3) is 1.51. The van der Waals surface area contributed by atoms with Crippen LogP contribution in [0.4, 0.5) is 0 Å². The summed E-state index contributed by atoms with van der Waals surface area (Å²) in [6.45, 7) is 0. The van der Waals surface area contributed by atoms with Crippen molar-refractivity contribution in [2.75, 3.05) is 7.05 Å². The van der Waals surface area contributed by atoms with E-state index in [1.54, 1.807) is 0 Å². The Hall–Kier alpha value is 0.590. The van der Waals surface area contributed by atoms with Gasteiger partial charge < -0.3 is 5.11 Å². The molecule has 0 aromatic carbocycles. The molecule has 0 bridgehead atoms. The lowest BCUT2D eigenvalue weighted by atomic mass is 10.2. The van der Waals surface area contributed by atoms with Crippen molar-refractivity contribution in [3.8, 4) is 0 Å². The lowest BCUT2D eigenvalue weighted by Crippen LogP contribution is -2.49. The molecule has 0 aromatic rings. The zero-order valence-electron chi connectivity index (χ0n) is 6.55. The Labute approximate surface area is 95.5 Å². The van der Waals surface area contributed by atoms with Crippen molar-refractivity contribution >= 4 is 52.4 Å². The minimum Gasteiger partial charge on any atom is -0.479 e. The maximum Gasteiger partial charge on any atom is 0.341 e. The Balaban J connectivity index is 3.05. The van der Waals surface area contributed by atoms with Crippen LogP contribution in [0.1, 0.15) is 0 Å². The molecule has 4 atom stereocenters. The molecule has 0 aliphatic carbocycles. The smallest absolute Gasteiger partial charge is 0.341 e. The van der Waals surface area contributed by atoms with E-state index in [2.05, 4.69) is 0 Å². The minimum atomic E-state index is -1.72. The van der Waals surface area contributed by atoms with Gasteiger partial charge in [0.05, 0.1) is 10.8 Å². The zero-order chi connectivity index (χ0) is 10.4. The van der Waals surface area contributed by atoms with E-state index in [0.717, 1.165) is 0 Å². The molecule has 1 fully saturated rings. The molecule has 1 saturated heterocycles. The van der Waals surface area contributed by atoms with Crippen molar-refractivity contribution in [1.29, 1.82) is 0 Å². The summed E-state index contributed by atoms with van der Waals surface area (Å²) in [5.41, 5.74) is -0.683. The fourth-order valence-electron chi connectivity index (χ4n) is 1.21. The first-order valence-corrected chi connectivity index (χ1v) is 5.09. The van der Waals surface area contributed by atoms with Gasteiger partial charge in [0.25, 0.3) is 0 Å². The molecule has 3 nitrogen and oxygen atoms in total. The molecule has 13 heavy (non-hydrogen) atoms. The van der Waals surface area contributed by atoms with Gasteiger partial charge in [-0.3, -0.25) is 4.90 Å². The Morgan fingerprint density at radius 3 is 2.08 bits per heavy atom. The third-order valence-corrected chi connectivity index (χ3v) is 4.77. The highest BCUT2D eigenvalue weighted by Crippen LogP contribution is 2.44. The van der Waals surface area contributed by atoms with Crippen LogP contribution in [0.5, 0.6) is 0 Å². The number of carboxylic acids is 1. The molecule has 4 unspecified atom stereocenters. The van der Waals surface area contributed by atoms with E-state index in [0.29, 0.717) is 0 Å². The van der Waals surface area contributed by atoms with E-state index < -0.39 is 27.2 Å². The first-order valence-electron chi connectivity index (χ1n) is 3.41. The van der Waals surface area contributed by atoms with Gasteiger partial charge in [0, 0.05) is 0 Å². The molecule has 1 N–H and O–H groups in total. The van der Waals surface area contributed by atoms with Crippen LogP contribution in [0.15, 0.2) is 0 Å². The molecule has 76 valence electrons. The predicted molar refractivity (Wildman–Crippen MR) is 52.9 cm³/mol. The van der Waals surface area contributed by atoms with E-state index in [1.165, 1.54) is 11.9 Å². The molecule has 0 radical (unpaired) electrons. The molecule has 0 aromatic heterocycles. The summed E-state index contributed by atoms with van der Waals surface area (Å²) in [5, 5.41) is 7.25. The normalized spacial score (nSPS) is 46.7. The van der Waals surface area contributed by atoms with Crippen LogP contribution in [-0.2, 0) is 4.79 Å². The van der Waals surface area contributed by atoms with E-state index in [1.807, 2.05) is 0 Å². The third-order valence-electron chi connectivity index (χ3n) is 2.09. The van der Waals surface area contributed by atoms with Crippen LogP contribution in [0.25, 0.3) is 0 Å². The van der Waals surface area contributed by atoms with Crippen molar-refractivity contribution in [3.63, 3.8) is 0 Å². The van der Waals surface area contributed by atoms with E-state index in [9.17, 15) is 4.79 Å². The summed E-state index contributed by atoms with van der Waals surface area (Å²) in [6.07, 6.45) is 0. The van der Waals surface area contributed by atoms with Gasteiger partial charge in [-0.2, -0.15) is 0 Å². The van der Waals surface area contributed by atoms with Crippen molar-refractivity contribution in [1.82, 2.24) is 4.90 Å². The molecule has 1 heterocycles. The van der Waals surface area contributed by atoms with Crippen LogP contribution in [0.3, 0.4) is 0 Å². The number of likely N-dealkylation sites (N-methyl/N-ethyl adjacent to an activating group) is 1. The summed E-state index contributed by atoms with van der Waals surface area (Å²) < 4.78 is 0. The van der Waals surface area contributed by atoms with Gasteiger partial charge in [0.15, 0.2) is 0 Å². The van der Waals surface area contributed by atoms with Gasteiger partial charge in [-0.05, 0) is 7.05 Å². The SMILES string of the molecule is CN1C(Cl)C(Cl)C(Cl)C1(Cl)C(=O)O. The number of aliphatic carboxylic acids is 1. The number of carbonyl (C=O) groups is 1. The number of likely N-dealkylation sites (tertiary alicyclic amines) is 1. The van der Waals surface area contributed by atoms with E-state index in [-0.39, 0.29) is 0 Å². The quantitative estimate of drug-likeness (QED) is 0.581. The highest BCUT2D eigenvalue weighted by Gasteiger charge is 2.60. The Morgan fingerprint density at radius 1 is 1.46 bits per heavy atom. The van der Waals surface area contributed by atoms with Crippen molar-refractivity contribution in [2.24, 2.45) is 0 Å². The second kappa shape index (κ2) is 3.63. The number of alkyl halides is 4. The summed E-state index contributed by atoms with van der Waals surface area (Å²) >= 11 is 23.2. The number of nitrogens with zero attached hydrogens (tertiary/aromatic N) is 1. The molecular formula is C6H7Cl4NO2. The largest absolute Gasteiger partial charge is 0.479 e. The first-order chi connectivity index (χ1) is 5.83. The second-order valence-corrected chi connectivity index (χ2v) is 4.81. The number of rotatable bonds is 1. The van der Waals surface area contributed by atoms with E-state index in [4.69, 9.17) is 51.5 Å². The van der Waals surface area contributed by atoms with Gasteiger partial charge in [0.2, 0.25) is 5.00 Å². The average molecular weight is 267 g/mol. The Bertz CT molecular complexity index is 223. The van der Waals surface area contributed by atoms with Crippen LogP contribution in [-0.4, -0.2) is 44.3 Å². The summed E-state index contributed by atoms with van der Waals surface area (Å²) in [5.74, 6) is -1.24. The maximum absolute atomic E-state index is 10.9. The summed E-state index contributed by atoms with van der Waals surface area (Å²) in [6, 6.07) is 0. The molecule has 1 rings (SSSR count). The van der Waals surface area contributed by atoms with Crippen LogP contribution >= 0.6 is 46.4 Å². The van der Waals surface area contributed by atoms with Crippen molar-refractivity contribution in [3.05, 3.63) is 0 Å². The molecule has 1 aliphatic rings. The number of hydrogen-bond acceptors (Lipinski definition) is 2. The zero-order valence-corrected chi connectivity index (χ0v) is 9.57. The number of hydrogen-bond donors (Lipinski definition) is 1. The van der Waals surface area contributed by atoms with Crippen molar-refractivity contribution < 1.29 is 9.90 Å². The van der Waals surface area contributed by atoms with Crippen LogP contribution < -0.4 is 0 Å². The molecule has 0 spiro atoms. The van der Waals surface area contributed by atoms with Crippen LogP contribution in [0.2, 0.25) is 0 Å². The molecule has 0 saturated carbocycles. The number of carboxylic acid groups (broad SMARTS) is 1. The second-order valence-electron chi connectivity index (χ2n) is 2.81. The summed E-state index contributed by atoms with van der Waals surface area (Å²) in [4.78, 5) is 10.4. The van der Waals surface area contributed by atoms with Gasteiger partial charge in [-0.15, -0.1) is 34.8 Å². The molecular weight excluding hydrogens is 260 g/mol. The topological polar surface area (TPSA) is 40.5 Å². The monoisotopic (exact) mass is 265 g/mol.